The molecule has 19 heavy (non-hydrogen) atoms. The van der Waals surface area contributed by atoms with Crippen LogP contribution in [-0.4, -0.2) is 0 Å². The van der Waals surface area contributed by atoms with Crippen molar-refractivity contribution in [2.24, 2.45) is 0 Å². The summed E-state index contributed by atoms with van der Waals surface area (Å²) in [5.41, 5.74) is 6.38. The van der Waals surface area contributed by atoms with Crippen molar-refractivity contribution in [3.8, 4) is 17.2 Å². The van der Waals surface area contributed by atoms with E-state index < -0.39 is 0 Å². The molecule has 0 unspecified atom stereocenters. The molecule has 1 heteroatoms. The summed E-state index contributed by atoms with van der Waals surface area (Å²) in [6, 6.07) is 17.3. The molecule has 1 saturated carbocycles. The summed E-state index contributed by atoms with van der Waals surface area (Å²) in [6.45, 7) is 0. The van der Waals surface area contributed by atoms with Crippen LogP contribution in [0.25, 0.3) is 11.1 Å². The van der Waals surface area contributed by atoms with Gasteiger partial charge in [0.05, 0.1) is 11.6 Å². The standard InChI is InChI=1S/C18H15N/c19-12-13-6-5-8-15-14-7-1-2-9-16(14)18(17(13)15)10-3-4-11-18/h1-2,5-9H,3-4,10-11H2. The van der Waals surface area contributed by atoms with Gasteiger partial charge in [-0.15, -0.1) is 0 Å². The van der Waals surface area contributed by atoms with Crippen LogP contribution in [0.1, 0.15) is 42.4 Å². The quantitative estimate of drug-likeness (QED) is 0.675. The molecule has 2 aromatic carbocycles. The van der Waals surface area contributed by atoms with Crippen LogP contribution in [0.2, 0.25) is 0 Å². The van der Waals surface area contributed by atoms with Crippen LogP contribution in [0, 0.1) is 11.3 Å². The average molecular weight is 245 g/mol. The van der Waals surface area contributed by atoms with E-state index in [2.05, 4.69) is 36.4 Å². The molecule has 0 bridgehead atoms. The Bertz CT molecular complexity index is 700. The molecule has 0 atom stereocenters. The van der Waals surface area contributed by atoms with Gasteiger partial charge in [-0.25, -0.2) is 0 Å². The zero-order chi connectivity index (χ0) is 12.9. The number of nitriles is 1. The Kier molecular flexibility index (Phi) is 2.11. The second-order valence-electron chi connectivity index (χ2n) is 5.67. The fourth-order valence-electron chi connectivity index (χ4n) is 4.15. The molecule has 0 N–H and O–H groups in total. The Hall–Kier alpha value is -2.07. The summed E-state index contributed by atoms with van der Waals surface area (Å²) >= 11 is 0. The SMILES string of the molecule is N#Cc1cccc2c1C1(CCCC1)c1ccccc1-2. The van der Waals surface area contributed by atoms with Crippen molar-refractivity contribution in [2.45, 2.75) is 31.1 Å². The molecule has 92 valence electrons. The van der Waals surface area contributed by atoms with E-state index in [9.17, 15) is 5.26 Å². The molecule has 1 nitrogen and oxygen atoms in total. The van der Waals surface area contributed by atoms with Gasteiger partial charge in [0.25, 0.3) is 0 Å². The molecule has 2 aliphatic carbocycles. The lowest BCUT2D eigenvalue weighted by Gasteiger charge is -2.27. The van der Waals surface area contributed by atoms with E-state index in [4.69, 9.17) is 0 Å². The highest BCUT2D eigenvalue weighted by atomic mass is 14.5. The number of hydrogen-bond acceptors (Lipinski definition) is 1. The molecule has 2 aromatic rings. The highest BCUT2D eigenvalue weighted by molar-refractivity contribution is 5.83. The van der Waals surface area contributed by atoms with Gasteiger partial charge in [-0.05, 0) is 41.2 Å². The summed E-state index contributed by atoms with van der Waals surface area (Å²) in [5, 5.41) is 9.47. The van der Waals surface area contributed by atoms with Crippen LogP contribution >= 0.6 is 0 Å². The fraction of sp³-hybridized carbons (Fsp3) is 0.278. The number of hydrogen-bond donors (Lipinski definition) is 0. The molecule has 1 fully saturated rings. The fourth-order valence-corrected chi connectivity index (χ4v) is 4.15. The number of rotatable bonds is 0. The molecule has 0 heterocycles. The molecular formula is C18H15N. The first-order chi connectivity index (χ1) is 9.37. The van der Waals surface area contributed by atoms with Crippen LogP contribution in [0.5, 0.6) is 0 Å². The van der Waals surface area contributed by atoms with Gasteiger partial charge in [0.15, 0.2) is 0 Å². The molecular weight excluding hydrogens is 230 g/mol. The van der Waals surface area contributed by atoms with Crippen LogP contribution in [0.3, 0.4) is 0 Å². The van der Waals surface area contributed by atoms with Crippen molar-refractivity contribution < 1.29 is 0 Å². The van der Waals surface area contributed by atoms with Gasteiger partial charge < -0.3 is 0 Å². The third-order valence-corrected chi connectivity index (χ3v) is 4.85. The molecule has 1 spiro atoms. The maximum Gasteiger partial charge on any atom is 0.0995 e. The largest absolute Gasteiger partial charge is 0.192 e. The Morgan fingerprint density at radius 2 is 1.63 bits per heavy atom. The first-order valence-electron chi connectivity index (χ1n) is 7.00. The summed E-state index contributed by atoms with van der Waals surface area (Å²) in [7, 11) is 0. The number of nitrogens with zero attached hydrogens (tertiary/aromatic N) is 1. The van der Waals surface area contributed by atoms with Gasteiger partial charge in [0.1, 0.15) is 0 Å². The Morgan fingerprint density at radius 3 is 2.42 bits per heavy atom. The highest BCUT2D eigenvalue weighted by Gasteiger charge is 2.46. The minimum Gasteiger partial charge on any atom is -0.192 e. The zero-order valence-corrected chi connectivity index (χ0v) is 10.8. The molecule has 0 amide bonds. The van der Waals surface area contributed by atoms with Gasteiger partial charge in [-0.3, -0.25) is 0 Å². The van der Waals surface area contributed by atoms with E-state index in [-0.39, 0.29) is 5.41 Å². The summed E-state index contributed by atoms with van der Waals surface area (Å²) < 4.78 is 0. The third-order valence-electron chi connectivity index (χ3n) is 4.85. The lowest BCUT2D eigenvalue weighted by atomic mass is 9.75. The van der Waals surface area contributed by atoms with Crippen molar-refractivity contribution >= 4 is 0 Å². The molecule has 2 aliphatic rings. The second kappa shape index (κ2) is 3.71. The molecule has 0 aliphatic heterocycles. The van der Waals surface area contributed by atoms with Crippen LogP contribution in [0.4, 0.5) is 0 Å². The minimum absolute atomic E-state index is 0.123. The normalized spacial score (nSPS) is 18.1. The van der Waals surface area contributed by atoms with E-state index in [1.165, 1.54) is 47.9 Å². The van der Waals surface area contributed by atoms with E-state index in [0.29, 0.717) is 0 Å². The van der Waals surface area contributed by atoms with Crippen LogP contribution in [-0.2, 0) is 5.41 Å². The molecule has 0 radical (unpaired) electrons. The van der Waals surface area contributed by atoms with E-state index >= 15 is 0 Å². The van der Waals surface area contributed by atoms with Crippen molar-refractivity contribution in [1.82, 2.24) is 0 Å². The lowest BCUT2D eigenvalue weighted by Crippen LogP contribution is -2.21. The summed E-state index contributed by atoms with van der Waals surface area (Å²) in [5.74, 6) is 0. The maximum atomic E-state index is 9.47. The predicted octanol–water partition coefficient (Wildman–Crippen LogP) is 4.40. The van der Waals surface area contributed by atoms with Crippen molar-refractivity contribution in [1.29, 1.82) is 5.26 Å². The van der Waals surface area contributed by atoms with Crippen molar-refractivity contribution in [3.63, 3.8) is 0 Å². The minimum atomic E-state index is 0.123. The number of benzene rings is 2. The van der Waals surface area contributed by atoms with Gasteiger partial charge in [-0.2, -0.15) is 5.26 Å². The zero-order valence-electron chi connectivity index (χ0n) is 10.8. The Balaban J connectivity index is 2.13. The van der Waals surface area contributed by atoms with Gasteiger partial charge in [-0.1, -0.05) is 49.2 Å². The maximum absolute atomic E-state index is 9.47. The monoisotopic (exact) mass is 245 g/mol. The van der Waals surface area contributed by atoms with Crippen LogP contribution in [0.15, 0.2) is 42.5 Å². The van der Waals surface area contributed by atoms with Crippen LogP contribution < -0.4 is 0 Å². The molecule has 0 saturated heterocycles. The second-order valence-corrected chi connectivity index (χ2v) is 5.67. The van der Waals surface area contributed by atoms with E-state index in [1.807, 2.05) is 12.1 Å². The van der Waals surface area contributed by atoms with E-state index in [0.717, 1.165) is 5.56 Å². The average Bonchev–Trinajstić information content (AvgIpc) is 3.06. The topological polar surface area (TPSA) is 23.8 Å². The molecule has 4 rings (SSSR count). The summed E-state index contributed by atoms with van der Waals surface area (Å²) in [6.07, 6.45) is 4.92. The van der Waals surface area contributed by atoms with Gasteiger partial charge in [0.2, 0.25) is 0 Å². The molecule has 0 aromatic heterocycles. The summed E-state index contributed by atoms with van der Waals surface area (Å²) in [4.78, 5) is 0. The van der Waals surface area contributed by atoms with E-state index in [1.54, 1.807) is 0 Å². The van der Waals surface area contributed by atoms with Gasteiger partial charge in [0, 0.05) is 5.41 Å². The third kappa shape index (κ3) is 1.24. The van der Waals surface area contributed by atoms with Gasteiger partial charge >= 0.3 is 0 Å². The highest BCUT2D eigenvalue weighted by Crippen LogP contribution is 2.57. The smallest absolute Gasteiger partial charge is 0.0995 e. The predicted molar refractivity (Wildman–Crippen MR) is 75.8 cm³/mol. The first-order valence-corrected chi connectivity index (χ1v) is 7.00. The first kappa shape index (κ1) is 10.8. The van der Waals surface area contributed by atoms with Crippen molar-refractivity contribution in [3.05, 3.63) is 59.2 Å². The Morgan fingerprint density at radius 1 is 0.895 bits per heavy atom. The van der Waals surface area contributed by atoms with Crippen molar-refractivity contribution in [2.75, 3.05) is 0 Å². The lowest BCUT2D eigenvalue weighted by molar-refractivity contribution is 0.548. The number of fused-ring (bicyclic) bond motifs is 5. The Labute approximate surface area is 113 Å².